The minimum atomic E-state index is -0.104. The van der Waals surface area contributed by atoms with Gasteiger partial charge in [0.1, 0.15) is 5.75 Å². The second-order valence-electron chi connectivity index (χ2n) is 5.57. The van der Waals surface area contributed by atoms with Crippen LogP contribution < -0.4 is 10.2 Å². The van der Waals surface area contributed by atoms with E-state index in [2.05, 4.69) is 26.1 Å². The van der Waals surface area contributed by atoms with Crippen molar-refractivity contribution in [3.63, 3.8) is 0 Å². The zero-order chi connectivity index (χ0) is 16.4. The molecule has 1 aliphatic rings. The number of nitrogens with zero attached hydrogens (tertiary/aromatic N) is 1. The Labute approximate surface area is 148 Å². The van der Waals surface area contributed by atoms with Crippen LogP contribution in [0.3, 0.4) is 0 Å². The number of amides is 1. The lowest BCUT2D eigenvalue weighted by Gasteiger charge is -2.19. The predicted octanol–water partition coefficient (Wildman–Crippen LogP) is 4.27. The number of para-hydroxylation sites is 1. The number of phenolic OH excluding ortho intramolecular Hbond substituents is 1. The Morgan fingerprint density at radius 2 is 2.09 bits per heavy atom. The van der Waals surface area contributed by atoms with Gasteiger partial charge in [0.2, 0.25) is 5.91 Å². The Morgan fingerprint density at radius 3 is 2.83 bits per heavy atom. The number of halogens is 2. The van der Waals surface area contributed by atoms with Crippen LogP contribution in [0.1, 0.15) is 6.42 Å². The third kappa shape index (κ3) is 3.79. The molecule has 1 saturated heterocycles. The Hall–Kier alpha value is -1.72. The molecule has 0 bridgehead atoms. The fourth-order valence-electron chi connectivity index (χ4n) is 2.79. The molecule has 1 atom stereocenters. The maximum absolute atomic E-state index is 12.4. The second kappa shape index (κ2) is 6.81. The first-order valence-electron chi connectivity index (χ1n) is 7.33. The largest absolute Gasteiger partial charge is 0.508 e. The van der Waals surface area contributed by atoms with Crippen molar-refractivity contribution in [1.29, 1.82) is 0 Å². The molecule has 2 N–H and O–H groups in total. The summed E-state index contributed by atoms with van der Waals surface area (Å²) in [6, 6.07) is 12.5. The molecular weight excluding hydrogens is 380 g/mol. The lowest BCUT2D eigenvalue weighted by Crippen LogP contribution is -2.27. The summed E-state index contributed by atoms with van der Waals surface area (Å²) in [6.07, 6.45) is 0.775. The molecule has 1 unspecified atom stereocenters. The molecule has 23 heavy (non-hydrogen) atoms. The van der Waals surface area contributed by atoms with Gasteiger partial charge in [-0.2, -0.15) is 0 Å². The lowest BCUT2D eigenvalue weighted by atomic mass is 10.1. The van der Waals surface area contributed by atoms with Crippen LogP contribution >= 0.6 is 27.5 Å². The molecule has 3 rings (SSSR count). The predicted molar refractivity (Wildman–Crippen MR) is 96.2 cm³/mol. The number of benzene rings is 2. The third-order valence-electron chi connectivity index (χ3n) is 3.90. The summed E-state index contributed by atoms with van der Waals surface area (Å²) < 4.78 is 0.719. The van der Waals surface area contributed by atoms with Gasteiger partial charge in [-0.25, -0.2) is 0 Å². The Balaban J connectivity index is 1.67. The number of nitrogens with one attached hydrogen (secondary N) is 1. The molecule has 0 aliphatic carbocycles. The number of hydrogen-bond acceptors (Lipinski definition) is 3. The minimum absolute atomic E-state index is 0.0444. The van der Waals surface area contributed by atoms with E-state index in [0.29, 0.717) is 17.3 Å². The normalized spacial score (nSPS) is 17.3. The standard InChI is InChI=1S/C17H16BrClN2O2/c18-12-7-13(9-14(22)8-12)20-17(23)11-5-6-21(10-11)16-4-2-1-3-15(16)19/h1-4,7-9,11,22H,5-6,10H2,(H,20,23). The van der Waals surface area contributed by atoms with Crippen LogP contribution in [-0.4, -0.2) is 24.1 Å². The van der Waals surface area contributed by atoms with Gasteiger partial charge in [0.25, 0.3) is 0 Å². The molecule has 1 aliphatic heterocycles. The van der Waals surface area contributed by atoms with Crippen LogP contribution in [0.4, 0.5) is 11.4 Å². The topological polar surface area (TPSA) is 52.6 Å². The van der Waals surface area contributed by atoms with Crippen LogP contribution in [0.5, 0.6) is 5.75 Å². The van der Waals surface area contributed by atoms with Gasteiger partial charge in [0, 0.05) is 29.3 Å². The quantitative estimate of drug-likeness (QED) is 0.816. The molecule has 2 aromatic carbocycles. The zero-order valence-corrected chi connectivity index (χ0v) is 14.6. The fraction of sp³-hybridized carbons (Fsp3) is 0.235. The molecule has 0 saturated carbocycles. The fourth-order valence-corrected chi connectivity index (χ4v) is 3.53. The number of phenols is 1. The molecule has 0 spiro atoms. The van der Waals surface area contributed by atoms with E-state index in [4.69, 9.17) is 11.6 Å². The number of anilines is 2. The van der Waals surface area contributed by atoms with Gasteiger partial charge in [-0.1, -0.05) is 39.7 Å². The first-order chi connectivity index (χ1) is 11.0. The van der Waals surface area contributed by atoms with Crippen molar-refractivity contribution in [3.05, 3.63) is 52.0 Å². The summed E-state index contributed by atoms with van der Waals surface area (Å²) in [6.45, 7) is 1.43. The molecule has 120 valence electrons. The van der Waals surface area contributed by atoms with Crippen molar-refractivity contribution < 1.29 is 9.90 Å². The minimum Gasteiger partial charge on any atom is -0.508 e. The van der Waals surface area contributed by atoms with E-state index < -0.39 is 0 Å². The van der Waals surface area contributed by atoms with Gasteiger partial charge in [0.15, 0.2) is 0 Å². The van der Waals surface area contributed by atoms with E-state index in [9.17, 15) is 9.90 Å². The number of aromatic hydroxyl groups is 1. The highest BCUT2D eigenvalue weighted by Gasteiger charge is 2.29. The molecule has 4 nitrogen and oxygen atoms in total. The highest BCUT2D eigenvalue weighted by atomic mass is 79.9. The average molecular weight is 396 g/mol. The van der Waals surface area contributed by atoms with Gasteiger partial charge < -0.3 is 15.3 Å². The van der Waals surface area contributed by atoms with Crippen LogP contribution in [0.2, 0.25) is 5.02 Å². The molecule has 1 heterocycles. The van der Waals surface area contributed by atoms with Crippen molar-refractivity contribution in [2.75, 3.05) is 23.3 Å². The highest BCUT2D eigenvalue weighted by Crippen LogP contribution is 2.31. The van der Waals surface area contributed by atoms with Gasteiger partial charge in [-0.15, -0.1) is 0 Å². The summed E-state index contributed by atoms with van der Waals surface area (Å²) in [7, 11) is 0. The maximum atomic E-state index is 12.4. The smallest absolute Gasteiger partial charge is 0.229 e. The second-order valence-corrected chi connectivity index (χ2v) is 6.89. The van der Waals surface area contributed by atoms with E-state index in [0.717, 1.165) is 23.1 Å². The van der Waals surface area contributed by atoms with Gasteiger partial charge in [0.05, 0.1) is 16.6 Å². The van der Waals surface area contributed by atoms with Gasteiger partial charge in [-0.3, -0.25) is 4.79 Å². The van der Waals surface area contributed by atoms with Crippen molar-refractivity contribution in [1.82, 2.24) is 0 Å². The average Bonchev–Trinajstić information content (AvgIpc) is 2.96. The molecule has 2 aromatic rings. The Morgan fingerprint density at radius 1 is 1.30 bits per heavy atom. The first-order valence-corrected chi connectivity index (χ1v) is 8.50. The molecule has 6 heteroatoms. The van der Waals surface area contributed by atoms with Crippen LogP contribution in [0.15, 0.2) is 46.9 Å². The summed E-state index contributed by atoms with van der Waals surface area (Å²) in [5.74, 6) is -0.0387. The van der Waals surface area contributed by atoms with Gasteiger partial charge in [-0.05, 0) is 30.7 Å². The van der Waals surface area contributed by atoms with E-state index >= 15 is 0 Å². The van der Waals surface area contributed by atoms with E-state index in [1.165, 1.54) is 6.07 Å². The van der Waals surface area contributed by atoms with E-state index in [1.54, 1.807) is 12.1 Å². The molecule has 1 fully saturated rings. The van der Waals surface area contributed by atoms with Crippen LogP contribution in [0, 0.1) is 5.92 Å². The number of carbonyl (C=O) groups is 1. The van der Waals surface area contributed by atoms with Gasteiger partial charge >= 0.3 is 0 Å². The SMILES string of the molecule is O=C(Nc1cc(O)cc(Br)c1)C1CCN(c2ccccc2Cl)C1. The third-order valence-corrected chi connectivity index (χ3v) is 4.68. The zero-order valence-electron chi connectivity index (χ0n) is 12.3. The van der Waals surface area contributed by atoms with Crippen LogP contribution in [0.25, 0.3) is 0 Å². The Bertz CT molecular complexity index is 718. The van der Waals surface area contributed by atoms with Crippen molar-refractivity contribution in [3.8, 4) is 5.75 Å². The number of rotatable bonds is 3. The summed E-state index contributed by atoms with van der Waals surface area (Å²) in [5.41, 5.74) is 1.54. The summed E-state index contributed by atoms with van der Waals surface area (Å²) in [4.78, 5) is 14.6. The van der Waals surface area contributed by atoms with E-state index in [-0.39, 0.29) is 17.6 Å². The highest BCUT2D eigenvalue weighted by molar-refractivity contribution is 9.10. The molecule has 1 amide bonds. The van der Waals surface area contributed by atoms with Crippen molar-refractivity contribution in [2.24, 2.45) is 5.92 Å². The molecule has 0 radical (unpaired) electrons. The van der Waals surface area contributed by atoms with Crippen molar-refractivity contribution >= 4 is 44.8 Å². The number of hydrogen-bond donors (Lipinski definition) is 2. The Kier molecular flexibility index (Phi) is 4.78. The molecule has 0 aromatic heterocycles. The summed E-state index contributed by atoms with van der Waals surface area (Å²) >= 11 is 9.52. The van der Waals surface area contributed by atoms with E-state index in [1.807, 2.05) is 24.3 Å². The lowest BCUT2D eigenvalue weighted by molar-refractivity contribution is -0.119. The number of carbonyl (C=O) groups excluding carboxylic acids is 1. The monoisotopic (exact) mass is 394 g/mol. The molecular formula is C17H16BrClN2O2. The van der Waals surface area contributed by atoms with Crippen molar-refractivity contribution in [2.45, 2.75) is 6.42 Å². The van der Waals surface area contributed by atoms with Crippen LogP contribution in [-0.2, 0) is 4.79 Å². The maximum Gasteiger partial charge on any atom is 0.229 e. The summed E-state index contributed by atoms with van der Waals surface area (Å²) in [5, 5.41) is 13.2. The first kappa shape index (κ1) is 16.1.